The number of urea groups is 1. The summed E-state index contributed by atoms with van der Waals surface area (Å²) in [5.41, 5.74) is -0.354. The van der Waals surface area contributed by atoms with E-state index in [4.69, 9.17) is 4.74 Å². The van der Waals surface area contributed by atoms with Crippen molar-refractivity contribution in [2.45, 2.75) is 84.7 Å². The van der Waals surface area contributed by atoms with Crippen LogP contribution in [-0.2, 0) is 19.1 Å². The molecule has 0 spiro atoms. The van der Waals surface area contributed by atoms with E-state index in [0.29, 0.717) is 17.8 Å². The molecule has 4 bridgehead atoms. The Balaban J connectivity index is 1.52. The van der Waals surface area contributed by atoms with Gasteiger partial charge in [-0.05, 0) is 75.5 Å². The highest BCUT2D eigenvalue weighted by atomic mass is 16.5. The van der Waals surface area contributed by atoms with Gasteiger partial charge in [-0.25, -0.2) is 9.59 Å². The van der Waals surface area contributed by atoms with Gasteiger partial charge in [0.25, 0.3) is 5.91 Å². The fraction of sp³-hybridized carbons (Fsp3) is 0.826. The van der Waals surface area contributed by atoms with E-state index in [-0.39, 0.29) is 23.3 Å². The number of hydrogen-bond acceptors (Lipinski definition) is 5. The Bertz CT molecular complexity index is 685. The third-order valence-electron chi connectivity index (χ3n) is 7.32. The Kier molecular flexibility index (Phi) is 7.27. The molecule has 0 saturated heterocycles. The van der Waals surface area contributed by atoms with Gasteiger partial charge in [0.2, 0.25) is 5.91 Å². The maximum atomic E-state index is 13.3. The lowest BCUT2D eigenvalue weighted by molar-refractivity contribution is -0.157. The molecule has 8 heteroatoms. The van der Waals surface area contributed by atoms with Crippen LogP contribution in [0.1, 0.15) is 72.6 Å². The standard InChI is InChI=1S/C23H37N3O5/c1-5-14(4)24-22(30)25-18(27)12-31-20(28)19(13(2)3)26-21(29)23-9-15-6-16(10-23)8-17(7-15)11-23/h13-17,19H,5-12H2,1-4H3,(H,26,29)(H2,24,25,27,30)/t14-,15?,16?,17?,19-,23?/m0/s1. The summed E-state index contributed by atoms with van der Waals surface area (Å²) in [4.78, 5) is 49.6. The largest absolute Gasteiger partial charge is 0.454 e. The number of nitrogens with one attached hydrogen (secondary N) is 3. The van der Waals surface area contributed by atoms with E-state index in [1.54, 1.807) is 0 Å². The fourth-order valence-corrected chi connectivity index (χ4v) is 5.93. The summed E-state index contributed by atoms with van der Waals surface area (Å²) in [6.07, 6.45) is 7.19. The van der Waals surface area contributed by atoms with Crippen LogP contribution in [0.3, 0.4) is 0 Å². The SMILES string of the molecule is CC[C@H](C)NC(=O)NC(=O)COC(=O)[C@@H](NC(=O)C12CC3CC(CC(C3)C1)C2)C(C)C. The Labute approximate surface area is 184 Å². The predicted molar refractivity (Wildman–Crippen MR) is 115 cm³/mol. The van der Waals surface area contributed by atoms with Crippen molar-refractivity contribution < 1.29 is 23.9 Å². The lowest BCUT2D eigenvalue weighted by Gasteiger charge is -2.55. The average molecular weight is 436 g/mol. The molecule has 31 heavy (non-hydrogen) atoms. The second-order valence-corrected chi connectivity index (χ2v) is 10.3. The van der Waals surface area contributed by atoms with Crippen molar-refractivity contribution in [3.8, 4) is 0 Å². The van der Waals surface area contributed by atoms with Gasteiger partial charge in [0.05, 0.1) is 0 Å². The summed E-state index contributed by atoms with van der Waals surface area (Å²) in [7, 11) is 0. The molecule has 0 aliphatic heterocycles. The number of esters is 1. The minimum Gasteiger partial charge on any atom is -0.454 e. The van der Waals surface area contributed by atoms with Crippen LogP contribution >= 0.6 is 0 Å². The third kappa shape index (κ3) is 5.57. The van der Waals surface area contributed by atoms with Crippen molar-refractivity contribution in [3.05, 3.63) is 0 Å². The molecule has 0 heterocycles. The van der Waals surface area contributed by atoms with Crippen LogP contribution in [0.25, 0.3) is 0 Å². The zero-order chi connectivity index (χ0) is 22.8. The Morgan fingerprint density at radius 2 is 1.48 bits per heavy atom. The molecule has 4 fully saturated rings. The van der Waals surface area contributed by atoms with Gasteiger partial charge in [-0.2, -0.15) is 0 Å². The van der Waals surface area contributed by atoms with E-state index >= 15 is 0 Å². The van der Waals surface area contributed by atoms with E-state index in [1.807, 2.05) is 27.7 Å². The summed E-state index contributed by atoms with van der Waals surface area (Å²) in [5, 5.41) is 7.70. The molecule has 2 atom stereocenters. The molecular formula is C23H37N3O5. The Morgan fingerprint density at radius 3 is 1.97 bits per heavy atom. The zero-order valence-corrected chi connectivity index (χ0v) is 19.2. The highest BCUT2D eigenvalue weighted by Gasteiger charge is 2.55. The van der Waals surface area contributed by atoms with Gasteiger partial charge in [-0.15, -0.1) is 0 Å². The molecule has 0 radical (unpaired) electrons. The predicted octanol–water partition coefficient (Wildman–Crippen LogP) is 2.51. The minimum atomic E-state index is -0.817. The quantitative estimate of drug-likeness (QED) is 0.507. The molecule has 4 rings (SSSR count). The van der Waals surface area contributed by atoms with Crippen LogP contribution in [0, 0.1) is 29.1 Å². The van der Waals surface area contributed by atoms with Crippen LogP contribution in [0.4, 0.5) is 4.79 Å². The average Bonchev–Trinajstić information content (AvgIpc) is 2.68. The minimum absolute atomic E-state index is 0.0420. The molecule has 4 aliphatic carbocycles. The molecule has 0 aromatic rings. The maximum absolute atomic E-state index is 13.3. The van der Waals surface area contributed by atoms with Gasteiger partial charge in [-0.3, -0.25) is 14.9 Å². The smallest absolute Gasteiger partial charge is 0.329 e. The van der Waals surface area contributed by atoms with Gasteiger partial charge >= 0.3 is 12.0 Å². The van der Waals surface area contributed by atoms with E-state index < -0.39 is 30.6 Å². The molecule has 4 amide bonds. The molecule has 174 valence electrons. The van der Waals surface area contributed by atoms with E-state index in [9.17, 15) is 19.2 Å². The third-order valence-corrected chi connectivity index (χ3v) is 7.32. The molecule has 0 aromatic heterocycles. The highest BCUT2D eigenvalue weighted by Crippen LogP contribution is 2.60. The van der Waals surface area contributed by atoms with Crippen LogP contribution < -0.4 is 16.0 Å². The lowest BCUT2D eigenvalue weighted by Crippen LogP contribution is -2.57. The monoisotopic (exact) mass is 435 g/mol. The van der Waals surface area contributed by atoms with Gasteiger partial charge in [-0.1, -0.05) is 20.8 Å². The van der Waals surface area contributed by atoms with Crippen LogP contribution in [-0.4, -0.2) is 42.5 Å². The zero-order valence-electron chi connectivity index (χ0n) is 19.2. The number of amides is 4. The normalized spacial score (nSPS) is 30.4. The van der Waals surface area contributed by atoms with E-state index in [2.05, 4.69) is 16.0 Å². The molecule has 0 aromatic carbocycles. The second kappa shape index (κ2) is 9.57. The van der Waals surface area contributed by atoms with Crippen LogP contribution in [0.2, 0.25) is 0 Å². The van der Waals surface area contributed by atoms with Crippen molar-refractivity contribution in [1.29, 1.82) is 0 Å². The van der Waals surface area contributed by atoms with Crippen molar-refractivity contribution >= 4 is 23.8 Å². The topological polar surface area (TPSA) is 114 Å². The first-order chi connectivity index (χ1) is 14.6. The fourth-order valence-electron chi connectivity index (χ4n) is 5.93. The Morgan fingerprint density at radius 1 is 0.935 bits per heavy atom. The number of carbonyl (C=O) groups is 4. The summed E-state index contributed by atoms with van der Waals surface area (Å²) in [5.74, 6) is 0.321. The van der Waals surface area contributed by atoms with Crippen LogP contribution in [0.15, 0.2) is 0 Å². The molecule has 4 aliphatic rings. The van der Waals surface area contributed by atoms with Gasteiger partial charge in [0.15, 0.2) is 6.61 Å². The maximum Gasteiger partial charge on any atom is 0.329 e. The molecule has 8 nitrogen and oxygen atoms in total. The number of rotatable bonds is 8. The van der Waals surface area contributed by atoms with Crippen molar-refractivity contribution in [2.75, 3.05) is 6.61 Å². The first-order valence-electron chi connectivity index (χ1n) is 11.7. The number of carbonyl (C=O) groups excluding carboxylic acids is 4. The molecule has 4 saturated carbocycles. The first kappa shape index (κ1) is 23.5. The van der Waals surface area contributed by atoms with Crippen molar-refractivity contribution in [2.24, 2.45) is 29.1 Å². The first-order valence-corrected chi connectivity index (χ1v) is 11.7. The van der Waals surface area contributed by atoms with Crippen molar-refractivity contribution in [1.82, 2.24) is 16.0 Å². The summed E-state index contributed by atoms with van der Waals surface area (Å²) in [6.45, 7) is 6.85. The van der Waals surface area contributed by atoms with Gasteiger partial charge in [0, 0.05) is 11.5 Å². The molecule has 3 N–H and O–H groups in total. The van der Waals surface area contributed by atoms with Gasteiger partial charge < -0.3 is 15.4 Å². The van der Waals surface area contributed by atoms with Crippen LogP contribution in [0.5, 0.6) is 0 Å². The summed E-state index contributed by atoms with van der Waals surface area (Å²) in [6, 6.07) is -1.51. The highest BCUT2D eigenvalue weighted by molar-refractivity contribution is 5.96. The Hall–Kier alpha value is -2.12. The summed E-state index contributed by atoms with van der Waals surface area (Å²) < 4.78 is 5.13. The van der Waals surface area contributed by atoms with Gasteiger partial charge in [0.1, 0.15) is 6.04 Å². The number of ether oxygens (including phenoxy) is 1. The van der Waals surface area contributed by atoms with E-state index in [0.717, 1.165) is 25.7 Å². The number of imide groups is 1. The van der Waals surface area contributed by atoms with Crippen molar-refractivity contribution in [3.63, 3.8) is 0 Å². The van der Waals surface area contributed by atoms with E-state index in [1.165, 1.54) is 19.3 Å². The molecule has 0 unspecified atom stereocenters. The summed E-state index contributed by atoms with van der Waals surface area (Å²) >= 11 is 0. The number of hydrogen-bond donors (Lipinski definition) is 3. The second-order valence-electron chi connectivity index (χ2n) is 10.3. The lowest BCUT2D eigenvalue weighted by atomic mass is 9.49. The molecular weight excluding hydrogens is 398 g/mol.